The second kappa shape index (κ2) is 8.04. The fraction of sp³-hybridized carbons (Fsp3) is 0.462. The number of hydrogen-bond donors (Lipinski definition) is 1. The van der Waals surface area contributed by atoms with Gasteiger partial charge in [0.25, 0.3) is 0 Å². The number of nitrogens with one attached hydrogen (secondary N) is 1. The predicted molar refractivity (Wildman–Crippen MR) is 65.6 cm³/mol. The van der Waals surface area contributed by atoms with E-state index in [1.54, 1.807) is 13.1 Å². The van der Waals surface area contributed by atoms with E-state index in [0.717, 1.165) is 6.42 Å². The highest BCUT2D eigenvalue weighted by atomic mass is 16.1. The second-order valence-electron chi connectivity index (χ2n) is 3.53. The van der Waals surface area contributed by atoms with Crippen LogP contribution in [-0.2, 0) is 4.79 Å². The van der Waals surface area contributed by atoms with Gasteiger partial charge in [0.05, 0.1) is 0 Å². The molecule has 0 aromatic rings. The van der Waals surface area contributed by atoms with E-state index in [1.165, 1.54) is 5.57 Å². The predicted octanol–water partition coefficient (Wildman–Crippen LogP) is 2.84. The topological polar surface area (TPSA) is 29.1 Å². The van der Waals surface area contributed by atoms with E-state index in [-0.39, 0.29) is 11.8 Å². The SMILES string of the molecule is C=CC(/C=C/C=C(/C)CC)CC(=O)NC. The van der Waals surface area contributed by atoms with Crippen molar-refractivity contribution in [1.29, 1.82) is 0 Å². The molecule has 0 heterocycles. The van der Waals surface area contributed by atoms with Crippen LogP contribution in [0.15, 0.2) is 36.5 Å². The van der Waals surface area contributed by atoms with Crippen LogP contribution in [-0.4, -0.2) is 13.0 Å². The lowest BCUT2D eigenvalue weighted by atomic mass is 10.0. The Morgan fingerprint density at radius 3 is 2.67 bits per heavy atom. The van der Waals surface area contributed by atoms with Crippen LogP contribution in [0.4, 0.5) is 0 Å². The Bertz CT molecular complexity index is 264. The van der Waals surface area contributed by atoms with Crippen molar-refractivity contribution in [1.82, 2.24) is 5.32 Å². The summed E-state index contributed by atoms with van der Waals surface area (Å²) in [5.41, 5.74) is 1.33. The van der Waals surface area contributed by atoms with Gasteiger partial charge < -0.3 is 5.32 Å². The molecule has 0 aliphatic carbocycles. The van der Waals surface area contributed by atoms with Gasteiger partial charge in [0.2, 0.25) is 5.91 Å². The number of carbonyl (C=O) groups is 1. The fourth-order valence-electron chi connectivity index (χ4n) is 1.03. The summed E-state index contributed by atoms with van der Waals surface area (Å²) in [5, 5.41) is 2.60. The zero-order valence-electron chi connectivity index (χ0n) is 9.92. The van der Waals surface area contributed by atoms with E-state index < -0.39 is 0 Å². The second-order valence-corrected chi connectivity index (χ2v) is 3.53. The molecule has 0 spiro atoms. The Balaban J connectivity index is 4.21. The molecule has 1 N–H and O–H groups in total. The van der Waals surface area contributed by atoms with Crippen LogP contribution < -0.4 is 5.32 Å². The molecule has 1 atom stereocenters. The summed E-state index contributed by atoms with van der Waals surface area (Å²) in [4.78, 5) is 11.1. The maximum Gasteiger partial charge on any atom is 0.220 e. The highest BCUT2D eigenvalue weighted by Crippen LogP contribution is 2.07. The molecule has 1 unspecified atom stereocenters. The first-order valence-corrected chi connectivity index (χ1v) is 5.31. The third-order valence-electron chi connectivity index (χ3n) is 2.30. The molecule has 0 aromatic heterocycles. The first kappa shape index (κ1) is 13.7. The molecular formula is C13H21NO. The van der Waals surface area contributed by atoms with Gasteiger partial charge in [0.1, 0.15) is 0 Å². The minimum Gasteiger partial charge on any atom is -0.359 e. The van der Waals surface area contributed by atoms with Gasteiger partial charge in [-0.2, -0.15) is 0 Å². The highest BCUT2D eigenvalue weighted by molar-refractivity contribution is 5.76. The van der Waals surface area contributed by atoms with Gasteiger partial charge in [-0.25, -0.2) is 0 Å². The van der Waals surface area contributed by atoms with Crippen molar-refractivity contribution >= 4 is 5.91 Å². The molecule has 1 amide bonds. The summed E-state index contributed by atoms with van der Waals surface area (Å²) >= 11 is 0. The van der Waals surface area contributed by atoms with E-state index in [1.807, 2.05) is 12.2 Å². The molecule has 0 radical (unpaired) electrons. The van der Waals surface area contributed by atoms with Crippen molar-refractivity contribution in [2.75, 3.05) is 7.05 Å². The summed E-state index contributed by atoms with van der Waals surface area (Å²) in [5.74, 6) is 0.159. The number of amides is 1. The summed E-state index contributed by atoms with van der Waals surface area (Å²) in [6, 6.07) is 0. The van der Waals surface area contributed by atoms with Gasteiger partial charge in [-0.15, -0.1) is 6.58 Å². The number of hydrogen-bond acceptors (Lipinski definition) is 1. The minimum absolute atomic E-state index is 0.0424. The molecule has 2 heteroatoms. The lowest BCUT2D eigenvalue weighted by Gasteiger charge is -2.04. The van der Waals surface area contributed by atoms with E-state index in [9.17, 15) is 4.79 Å². The van der Waals surface area contributed by atoms with Crippen molar-refractivity contribution in [3.63, 3.8) is 0 Å². The molecule has 0 bridgehead atoms. The Morgan fingerprint density at radius 2 is 2.20 bits per heavy atom. The van der Waals surface area contributed by atoms with Gasteiger partial charge in [-0.1, -0.05) is 36.8 Å². The number of carbonyl (C=O) groups excluding carboxylic acids is 1. The van der Waals surface area contributed by atoms with Gasteiger partial charge in [-0.05, 0) is 13.3 Å². The Hall–Kier alpha value is -1.31. The Kier molecular flexibility index (Phi) is 7.33. The molecule has 0 rings (SSSR count). The van der Waals surface area contributed by atoms with Crippen molar-refractivity contribution < 1.29 is 4.79 Å². The number of rotatable bonds is 6. The van der Waals surface area contributed by atoms with Crippen LogP contribution in [0.3, 0.4) is 0 Å². The lowest BCUT2D eigenvalue weighted by Crippen LogP contribution is -2.19. The van der Waals surface area contributed by atoms with E-state index in [4.69, 9.17) is 0 Å². The summed E-state index contributed by atoms with van der Waals surface area (Å²) in [6.45, 7) is 7.92. The Morgan fingerprint density at radius 1 is 1.53 bits per heavy atom. The van der Waals surface area contributed by atoms with Crippen LogP contribution in [0, 0.1) is 5.92 Å². The molecule has 0 aliphatic rings. The first-order valence-electron chi connectivity index (χ1n) is 5.31. The first-order chi connectivity index (χ1) is 7.13. The van der Waals surface area contributed by atoms with Crippen molar-refractivity contribution in [2.24, 2.45) is 5.92 Å². The highest BCUT2D eigenvalue weighted by Gasteiger charge is 2.04. The molecule has 2 nitrogen and oxygen atoms in total. The molecule has 84 valence electrons. The standard InChI is InChI=1S/C13H21NO/c1-5-11(3)8-7-9-12(6-2)10-13(15)14-4/h6-9,12H,2,5,10H2,1,3-4H3,(H,14,15)/b9-7+,11-8-. The molecule has 0 saturated heterocycles. The van der Waals surface area contributed by atoms with E-state index in [2.05, 4.69) is 31.8 Å². The summed E-state index contributed by atoms with van der Waals surface area (Å²) in [6.07, 6.45) is 9.38. The van der Waals surface area contributed by atoms with Gasteiger partial charge in [-0.3, -0.25) is 4.79 Å². The largest absolute Gasteiger partial charge is 0.359 e. The van der Waals surface area contributed by atoms with Crippen molar-refractivity contribution in [3.05, 3.63) is 36.5 Å². The van der Waals surface area contributed by atoms with Crippen LogP contribution >= 0.6 is 0 Å². The third-order valence-corrected chi connectivity index (χ3v) is 2.30. The van der Waals surface area contributed by atoms with Crippen LogP contribution in [0.5, 0.6) is 0 Å². The zero-order valence-corrected chi connectivity index (χ0v) is 9.92. The monoisotopic (exact) mass is 207 g/mol. The molecule has 15 heavy (non-hydrogen) atoms. The molecular weight excluding hydrogens is 186 g/mol. The zero-order chi connectivity index (χ0) is 11.7. The smallest absolute Gasteiger partial charge is 0.220 e. The average Bonchev–Trinajstić information content (AvgIpc) is 2.26. The van der Waals surface area contributed by atoms with Gasteiger partial charge in [0, 0.05) is 19.4 Å². The minimum atomic E-state index is 0.0424. The maximum atomic E-state index is 11.1. The fourth-order valence-corrected chi connectivity index (χ4v) is 1.03. The lowest BCUT2D eigenvalue weighted by molar-refractivity contribution is -0.120. The summed E-state index contributed by atoms with van der Waals surface area (Å²) in [7, 11) is 1.65. The number of allylic oxidation sites excluding steroid dienone is 5. The van der Waals surface area contributed by atoms with Gasteiger partial charge in [0.15, 0.2) is 0 Å². The maximum absolute atomic E-state index is 11.1. The molecule has 0 saturated carbocycles. The van der Waals surface area contributed by atoms with Crippen LogP contribution in [0.1, 0.15) is 26.7 Å². The molecule has 0 fully saturated rings. The van der Waals surface area contributed by atoms with Crippen LogP contribution in [0.25, 0.3) is 0 Å². The normalized spacial score (nSPS) is 13.9. The third kappa shape index (κ3) is 6.72. The quantitative estimate of drug-likeness (QED) is 0.526. The van der Waals surface area contributed by atoms with Gasteiger partial charge >= 0.3 is 0 Å². The Labute approximate surface area is 92.8 Å². The molecule has 0 aliphatic heterocycles. The van der Waals surface area contributed by atoms with E-state index >= 15 is 0 Å². The summed E-state index contributed by atoms with van der Waals surface area (Å²) < 4.78 is 0. The van der Waals surface area contributed by atoms with E-state index in [0.29, 0.717) is 6.42 Å². The van der Waals surface area contributed by atoms with Crippen molar-refractivity contribution in [3.8, 4) is 0 Å². The molecule has 0 aromatic carbocycles. The van der Waals surface area contributed by atoms with Crippen LogP contribution in [0.2, 0.25) is 0 Å². The van der Waals surface area contributed by atoms with Crippen molar-refractivity contribution in [2.45, 2.75) is 26.7 Å². The average molecular weight is 207 g/mol.